The third kappa shape index (κ3) is 5.07. The molecule has 4 N–H and O–H groups in total. The highest BCUT2D eigenvalue weighted by atomic mass is 32.2. The monoisotopic (exact) mass is 433 g/mol. The van der Waals surface area contributed by atoms with Crippen LogP contribution in [0.2, 0.25) is 0 Å². The van der Waals surface area contributed by atoms with Gasteiger partial charge in [-0.05, 0) is 40.8 Å². The molecule has 0 saturated carbocycles. The van der Waals surface area contributed by atoms with Crippen molar-refractivity contribution in [1.29, 1.82) is 0 Å². The van der Waals surface area contributed by atoms with Gasteiger partial charge < -0.3 is 20.6 Å². The molecule has 1 aromatic heterocycles. The number of aromatic amines is 1. The van der Waals surface area contributed by atoms with Crippen LogP contribution in [0.3, 0.4) is 0 Å². The van der Waals surface area contributed by atoms with Crippen LogP contribution in [0.1, 0.15) is 11.1 Å². The van der Waals surface area contributed by atoms with E-state index in [-0.39, 0.29) is 0 Å². The highest BCUT2D eigenvalue weighted by molar-refractivity contribution is 7.98. The molecule has 0 saturated heterocycles. The maximum atomic E-state index is 10.9. The number of carbonyl (C=O) groups is 1. The third-order valence-corrected chi connectivity index (χ3v) is 6.00. The largest absolute Gasteiger partial charge is 0.497 e. The molecule has 0 spiro atoms. The Labute approximate surface area is 184 Å². The Morgan fingerprint density at radius 1 is 1.06 bits per heavy atom. The quantitative estimate of drug-likeness (QED) is 0.354. The van der Waals surface area contributed by atoms with Crippen LogP contribution in [0.4, 0.5) is 0 Å². The Hall–Kier alpha value is -3.29. The Kier molecular flexibility index (Phi) is 6.25. The molecule has 0 aliphatic carbocycles. The van der Waals surface area contributed by atoms with Gasteiger partial charge in [0, 0.05) is 11.8 Å². The number of benzene rings is 3. The summed E-state index contributed by atoms with van der Waals surface area (Å²) in [6.45, 7) is 0. The number of hydrogen-bond acceptors (Lipinski definition) is 5. The molecule has 1 unspecified atom stereocenters. The van der Waals surface area contributed by atoms with Gasteiger partial charge in [0.05, 0.1) is 18.1 Å². The van der Waals surface area contributed by atoms with Gasteiger partial charge in [0.15, 0.2) is 5.16 Å². The highest BCUT2D eigenvalue weighted by Crippen LogP contribution is 2.27. The average Bonchev–Trinajstić information content (AvgIpc) is 3.20. The summed E-state index contributed by atoms with van der Waals surface area (Å²) in [6, 6.07) is 21.2. The Morgan fingerprint density at radius 3 is 2.32 bits per heavy atom. The second kappa shape index (κ2) is 9.24. The van der Waals surface area contributed by atoms with Gasteiger partial charge in [-0.2, -0.15) is 0 Å². The first-order valence-corrected chi connectivity index (χ1v) is 10.8. The Balaban J connectivity index is 1.38. The van der Waals surface area contributed by atoms with E-state index in [0.717, 1.165) is 44.4 Å². The number of methoxy groups -OCH3 is 1. The molecule has 4 rings (SSSR count). The first kappa shape index (κ1) is 21.0. The number of carboxylic acid groups (broad SMARTS) is 1. The number of H-pyrrole nitrogens is 1. The van der Waals surface area contributed by atoms with Crippen molar-refractivity contribution in [3.05, 3.63) is 77.9 Å². The van der Waals surface area contributed by atoms with Gasteiger partial charge in [0.1, 0.15) is 11.8 Å². The van der Waals surface area contributed by atoms with E-state index in [1.54, 1.807) is 18.9 Å². The van der Waals surface area contributed by atoms with E-state index >= 15 is 0 Å². The predicted molar refractivity (Wildman–Crippen MR) is 123 cm³/mol. The number of ether oxygens (including phenoxy) is 1. The zero-order valence-corrected chi connectivity index (χ0v) is 17.9. The fourth-order valence-corrected chi connectivity index (χ4v) is 4.12. The van der Waals surface area contributed by atoms with Crippen molar-refractivity contribution in [2.45, 2.75) is 23.4 Å². The lowest BCUT2D eigenvalue weighted by molar-refractivity contribution is -0.138. The fraction of sp³-hybridized carbons (Fsp3) is 0.167. The molecule has 1 atom stereocenters. The van der Waals surface area contributed by atoms with E-state index in [9.17, 15) is 4.79 Å². The number of aliphatic carboxylic acids is 1. The van der Waals surface area contributed by atoms with Gasteiger partial charge in [0.25, 0.3) is 0 Å². The minimum absolute atomic E-state index is 0.320. The normalized spacial score (nSPS) is 12.1. The van der Waals surface area contributed by atoms with Crippen LogP contribution in [0.25, 0.3) is 22.2 Å². The molecule has 1 heterocycles. The summed E-state index contributed by atoms with van der Waals surface area (Å²) in [6.07, 6.45) is 0.320. The number of hydrogen-bond donors (Lipinski definition) is 3. The number of nitrogens with two attached hydrogens (primary N) is 1. The summed E-state index contributed by atoms with van der Waals surface area (Å²) in [7, 11) is 1.65. The van der Waals surface area contributed by atoms with Crippen molar-refractivity contribution in [3.63, 3.8) is 0 Å². The first-order valence-electron chi connectivity index (χ1n) is 9.85. The lowest BCUT2D eigenvalue weighted by Gasteiger charge is -2.08. The van der Waals surface area contributed by atoms with Crippen molar-refractivity contribution < 1.29 is 14.6 Å². The number of rotatable bonds is 8. The molecule has 0 aliphatic heterocycles. The van der Waals surface area contributed by atoms with Gasteiger partial charge in [-0.3, -0.25) is 4.79 Å². The molecule has 0 amide bonds. The van der Waals surface area contributed by atoms with Gasteiger partial charge in [-0.15, -0.1) is 0 Å². The molecule has 0 fully saturated rings. The number of fused-ring (bicyclic) bond motifs is 1. The van der Waals surface area contributed by atoms with Crippen molar-refractivity contribution >= 4 is 28.8 Å². The van der Waals surface area contributed by atoms with E-state index in [0.29, 0.717) is 6.42 Å². The highest BCUT2D eigenvalue weighted by Gasteiger charge is 2.12. The van der Waals surface area contributed by atoms with E-state index in [4.69, 9.17) is 15.6 Å². The molecular weight excluding hydrogens is 410 g/mol. The summed E-state index contributed by atoms with van der Waals surface area (Å²) < 4.78 is 5.26. The number of thioether (sulfide) groups is 1. The number of carboxylic acids is 1. The van der Waals surface area contributed by atoms with Crippen LogP contribution in [0.5, 0.6) is 5.75 Å². The number of imidazole rings is 1. The molecule has 6 nitrogen and oxygen atoms in total. The summed E-state index contributed by atoms with van der Waals surface area (Å²) in [5.41, 5.74) is 11.8. The van der Waals surface area contributed by atoms with Gasteiger partial charge in [-0.25, -0.2) is 4.98 Å². The van der Waals surface area contributed by atoms with Gasteiger partial charge >= 0.3 is 5.97 Å². The van der Waals surface area contributed by atoms with Gasteiger partial charge in [-0.1, -0.05) is 60.3 Å². The topological polar surface area (TPSA) is 101 Å². The van der Waals surface area contributed by atoms with E-state index in [1.807, 2.05) is 42.5 Å². The first-order chi connectivity index (χ1) is 15.0. The fourth-order valence-electron chi connectivity index (χ4n) is 3.28. The van der Waals surface area contributed by atoms with Crippen molar-refractivity contribution in [3.8, 4) is 16.9 Å². The predicted octanol–water partition coefficient (Wildman–Crippen LogP) is 4.49. The second-order valence-electron chi connectivity index (χ2n) is 7.26. The van der Waals surface area contributed by atoms with E-state index in [1.165, 1.54) is 5.56 Å². The standard InChI is InChI=1S/C24H23N3O3S/c1-30-19-10-11-21-22(13-19)27-24(26-21)31-14-16-4-8-18(9-5-16)17-6-2-15(3-7-17)12-20(25)23(28)29/h2-11,13,20H,12,14,25H2,1H3,(H,26,27)(H,28,29). The molecular formula is C24H23N3O3S. The third-order valence-electron chi connectivity index (χ3n) is 5.06. The second-order valence-corrected chi connectivity index (χ2v) is 8.22. The number of nitrogens with one attached hydrogen (secondary N) is 1. The molecule has 0 radical (unpaired) electrons. The Morgan fingerprint density at radius 2 is 1.71 bits per heavy atom. The smallest absolute Gasteiger partial charge is 0.320 e. The minimum Gasteiger partial charge on any atom is -0.497 e. The summed E-state index contributed by atoms with van der Waals surface area (Å²) in [4.78, 5) is 18.8. The number of aromatic nitrogens is 2. The lowest BCUT2D eigenvalue weighted by atomic mass is 10.0. The van der Waals surface area contributed by atoms with E-state index in [2.05, 4.69) is 34.2 Å². The van der Waals surface area contributed by atoms with Crippen molar-refractivity contribution in [2.75, 3.05) is 7.11 Å². The summed E-state index contributed by atoms with van der Waals surface area (Å²) in [5.74, 6) is 0.629. The molecule has 4 aromatic rings. The minimum atomic E-state index is -0.986. The summed E-state index contributed by atoms with van der Waals surface area (Å²) >= 11 is 1.66. The molecule has 31 heavy (non-hydrogen) atoms. The van der Waals surface area contributed by atoms with E-state index < -0.39 is 12.0 Å². The molecule has 7 heteroatoms. The average molecular weight is 434 g/mol. The molecule has 0 bridgehead atoms. The Bertz CT molecular complexity index is 1190. The molecule has 0 aliphatic rings. The zero-order chi connectivity index (χ0) is 21.8. The van der Waals surface area contributed by atoms with Crippen molar-refractivity contribution in [1.82, 2.24) is 9.97 Å². The van der Waals surface area contributed by atoms with Crippen LogP contribution in [0.15, 0.2) is 71.9 Å². The van der Waals surface area contributed by atoms with Crippen LogP contribution < -0.4 is 10.5 Å². The van der Waals surface area contributed by atoms with Crippen LogP contribution >= 0.6 is 11.8 Å². The van der Waals surface area contributed by atoms with Crippen LogP contribution in [-0.2, 0) is 17.0 Å². The molecule has 158 valence electrons. The SMILES string of the molecule is COc1ccc2nc(SCc3ccc(-c4ccc(CC(N)C(=O)O)cc4)cc3)[nH]c2c1. The van der Waals surface area contributed by atoms with Crippen LogP contribution in [-0.4, -0.2) is 34.2 Å². The van der Waals surface area contributed by atoms with Crippen LogP contribution in [0, 0.1) is 0 Å². The van der Waals surface area contributed by atoms with Gasteiger partial charge in [0.2, 0.25) is 0 Å². The number of nitrogens with zero attached hydrogens (tertiary/aromatic N) is 1. The maximum absolute atomic E-state index is 10.9. The zero-order valence-electron chi connectivity index (χ0n) is 17.0. The maximum Gasteiger partial charge on any atom is 0.320 e. The lowest BCUT2D eigenvalue weighted by Crippen LogP contribution is -2.32. The van der Waals surface area contributed by atoms with Crippen molar-refractivity contribution in [2.24, 2.45) is 5.73 Å². The summed E-state index contributed by atoms with van der Waals surface area (Å²) in [5, 5.41) is 9.82. The molecule has 3 aromatic carbocycles.